The van der Waals surface area contributed by atoms with Gasteiger partial charge in [0.1, 0.15) is 0 Å². The molecule has 0 aliphatic heterocycles. The van der Waals surface area contributed by atoms with Crippen molar-refractivity contribution < 1.29 is 22.8 Å². The van der Waals surface area contributed by atoms with Gasteiger partial charge in [0.15, 0.2) is 0 Å². The number of rotatable bonds is 4. The lowest BCUT2D eigenvalue weighted by Crippen LogP contribution is -2.30. The van der Waals surface area contributed by atoms with Gasteiger partial charge in [0.2, 0.25) is 0 Å². The molecule has 0 bridgehead atoms. The van der Waals surface area contributed by atoms with E-state index in [0.29, 0.717) is 11.8 Å². The number of carbonyl (C=O) groups is 2. The third kappa shape index (κ3) is 5.51. The fourth-order valence-corrected chi connectivity index (χ4v) is 2.72. The minimum Gasteiger partial charge on any atom is -0.356 e. The second-order valence-electron chi connectivity index (χ2n) is 6.16. The molecular formula is C21H15ClF3N3O2. The van der Waals surface area contributed by atoms with Gasteiger partial charge in [0, 0.05) is 22.1 Å². The number of hydrogen-bond acceptors (Lipinski definition) is 3. The molecule has 3 N–H and O–H groups in total. The van der Waals surface area contributed by atoms with E-state index in [2.05, 4.69) is 10.6 Å². The molecule has 0 spiro atoms. The van der Waals surface area contributed by atoms with Crippen LogP contribution < -0.4 is 16.0 Å². The van der Waals surface area contributed by atoms with Gasteiger partial charge in [-0.3, -0.25) is 9.59 Å². The molecule has 3 aromatic carbocycles. The molecule has 0 unspecified atom stereocenters. The summed E-state index contributed by atoms with van der Waals surface area (Å²) in [4.78, 5) is 24.1. The van der Waals surface area contributed by atoms with E-state index in [4.69, 9.17) is 11.6 Å². The topological polar surface area (TPSA) is 70.2 Å². The molecule has 0 radical (unpaired) electrons. The second-order valence-corrected chi connectivity index (χ2v) is 6.60. The summed E-state index contributed by atoms with van der Waals surface area (Å²) >= 11 is 5.60. The van der Waals surface area contributed by atoms with Crippen molar-refractivity contribution in [3.05, 3.63) is 83.4 Å². The highest BCUT2D eigenvalue weighted by atomic mass is 35.5. The van der Waals surface area contributed by atoms with E-state index < -0.39 is 29.2 Å². The highest BCUT2D eigenvalue weighted by molar-refractivity contribution is 6.43. The summed E-state index contributed by atoms with van der Waals surface area (Å²) in [6.07, 6.45) is -4.74. The maximum Gasteiger partial charge on any atom is 0.418 e. The number of benzene rings is 3. The van der Waals surface area contributed by atoms with E-state index in [1.54, 1.807) is 24.3 Å². The van der Waals surface area contributed by atoms with Gasteiger partial charge < -0.3 is 16.0 Å². The first-order valence-electron chi connectivity index (χ1n) is 8.63. The summed E-state index contributed by atoms with van der Waals surface area (Å²) < 4.78 is 39.3. The van der Waals surface area contributed by atoms with Crippen molar-refractivity contribution in [3.63, 3.8) is 0 Å². The average Bonchev–Trinajstić information content (AvgIpc) is 2.70. The lowest BCUT2D eigenvalue weighted by Gasteiger charge is -2.14. The van der Waals surface area contributed by atoms with Crippen LogP contribution in [-0.4, -0.2) is 11.8 Å². The molecule has 0 aliphatic rings. The smallest absolute Gasteiger partial charge is 0.356 e. The molecule has 30 heavy (non-hydrogen) atoms. The lowest BCUT2D eigenvalue weighted by atomic mass is 10.1. The Morgan fingerprint density at radius 3 is 1.93 bits per heavy atom. The van der Waals surface area contributed by atoms with E-state index in [-0.39, 0.29) is 5.02 Å². The van der Waals surface area contributed by atoms with Crippen molar-refractivity contribution in [3.8, 4) is 0 Å². The van der Waals surface area contributed by atoms with E-state index in [0.717, 1.165) is 17.4 Å². The molecule has 0 atom stereocenters. The van der Waals surface area contributed by atoms with Crippen molar-refractivity contribution in [2.75, 3.05) is 16.0 Å². The van der Waals surface area contributed by atoms with Crippen LogP contribution in [0.25, 0.3) is 0 Å². The predicted molar refractivity (Wildman–Crippen MR) is 110 cm³/mol. The number of alkyl halides is 3. The van der Waals surface area contributed by atoms with Gasteiger partial charge in [0.25, 0.3) is 0 Å². The fourth-order valence-electron chi connectivity index (χ4n) is 2.55. The summed E-state index contributed by atoms with van der Waals surface area (Å²) in [7, 11) is 0. The molecule has 0 saturated heterocycles. The van der Waals surface area contributed by atoms with Gasteiger partial charge in [-0.2, -0.15) is 13.2 Å². The summed E-state index contributed by atoms with van der Waals surface area (Å²) in [5.74, 6) is -2.35. The van der Waals surface area contributed by atoms with E-state index in [1.165, 1.54) is 6.07 Å². The van der Waals surface area contributed by atoms with Crippen LogP contribution >= 0.6 is 11.6 Å². The van der Waals surface area contributed by atoms with Gasteiger partial charge in [-0.15, -0.1) is 0 Å². The van der Waals surface area contributed by atoms with Crippen LogP contribution in [0.2, 0.25) is 5.02 Å². The SMILES string of the molecule is O=C(Nc1ccc(Nc2ccccc2)cc1)C(=O)Nc1ccc(Cl)cc1C(F)(F)F. The molecule has 0 saturated carbocycles. The third-order valence-corrected chi connectivity index (χ3v) is 4.18. The minimum atomic E-state index is -4.74. The van der Waals surface area contributed by atoms with Crippen molar-refractivity contribution in [2.24, 2.45) is 0 Å². The van der Waals surface area contributed by atoms with E-state index >= 15 is 0 Å². The molecule has 2 amide bonds. The predicted octanol–water partition coefficient (Wildman–Crippen LogP) is 5.68. The zero-order valence-corrected chi connectivity index (χ0v) is 16.0. The van der Waals surface area contributed by atoms with Crippen LogP contribution in [0.1, 0.15) is 5.56 Å². The summed E-state index contributed by atoms with van der Waals surface area (Å²) in [5.41, 5.74) is 0.222. The Kier molecular flexibility index (Phi) is 6.27. The minimum absolute atomic E-state index is 0.144. The van der Waals surface area contributed by atoms with Crippen molar-refractivity contribution in [1.29, 1.82) is 0 Å². The van der Waals surface area contributed by atoms with Crippen molar-refractivity contribution in [2.45, 2.75) is 6.18 Å². The number of halogens is 4. The number of hydrogen-bond donors (Lipinski definition) is 3. The van der Waals surface area contributed by atoms with Gasteiger partial charge in [-0.05, 0) is 54.6 Å². The number of nitrogens with one attached hydrogen (secondary N) is 3. The van der Waals surface area contributed by atoms with Crippen LogP contribution in [0, 0.1) is 0 Å². The van der Waals surface area contributed by atoms with Crippen LogP contribution in [0.4, 0.5) is 35.9 Å². The Morgan fingerprint density at radius 2 is 1.30 bits per heavy atom. The standard InChI is InChI=1S/C21H15ClF3N3O2/c22-13-6-11-18(17(12-13)21(23,24)25)28-20(30)19(29)27-16-9-7-15(8-10-16)26-14-4-2-1-3-5-14/h1-12,26H,(H,27,29)(H,28,30). The summed E-state index contributed by atoms with van der Waals surface area (Å²) in [6.45, 7) is 0. The molecular weight excluding hydrogens is 419 g/mol. The third-order valence-electron chi connectivity index (χ3n) is 3.95. The van der Waals surface area contributed by atoms with Crippen molar-refractivity contribution in [1.82, 2.24) is 0 Å². The van der Waals surface area contributed by atoms with E-state index in [1.807, 2.05) is 35.6 Å². The Bertz CT molecular complexity index is 1060. The molecule has 0 aliphatic carbocycles. The summed E-state index contributed by atoms with van der Waals surface area (Å²) in [5, 5.41) is 7.31. The Balaban J connectivity index is 1.64. The largest absolute Gasteiger partial charge is 0.418 e. The van der Waals surface area contributed by atoms with Gasteiger partial charge in [-0.25, -0.2) is 0 Å². The van der Waals surface area contributed by atoms with E-state index in [9.17, 15) is 22.8 Å². The van der Waals surface area contributed by atoms with Crippen LogP contribution in [-0.2, 0) is 15.8 Å². The molecule has 9 heteroatoms. The molecule has 3 rings (SSSR count). The zero-order chi connectivity index (χ0) is 21.7. The molecule has 0 fully saturated rings. The summed E-state index contributed by atoms with van der Waals surface area (Å²) in [6, 6.07) is 18.7. The number of para-hydroxylation sites is 1. The maximum atomic E-state index is 13.1. The van der Waals surface area contributed by atoms with Gasteiger partial charge in [-0.1, -0.05) is 29.8 Å². The van der Waals surface area contributed by atoms with Gasteiger partial charge in [0.05, 0.1) is 11.3 Å². The normalized spacial score (nSPS) is 10.9. The zero-order valence-electron chi connectivity index (χ0n) is 15.3. The Labute approximate surface area is 174 Å². The average molecular weight is 434 g/mol. The monoisotopic (exact) mass is 433 g/mol. The number of amides is 2. The van der Waals surface area contributed by atoms with Crippen molar-refractivity contribution >= 4 is 46.2 Å². The second kappa shape index (κ2) is 8.87. The Morgan fingerprint density at radius 1 is 0.733 bits per heavy atom. The molecule has 0 heterocycles. The van der Waals surface area contributed by atoms with Gasteiger partial charge >= 0.3 is 18.0 Å². The maximum absolute atomic E-state index is 13.1. The van der Waals surface area contributed by atoms with Crippen LogP contribution in [0.15, 0.2) is 72.8 Å². The lowest BCUT2D eigenvalue weighted by molar-refractivity contribution is -0.137. The molecule has 0 aromatic heterocycles. The first-order valence-corrected chi connectivity index (χ1v) is 9.01. The first-order chi connectivity index (χ1) is 14.2. The van der Waals surface area contributed by atoms with Crippen LogP contribution in [0.3, 0.4) is 0 Å². The number of anilines is 4. The highest BCUT2D eigenvalue weighted by Crippen LogP contribution is 2.36. The highest BCUT2D eigenvalue weighted by Gasteiger charge is 2.34. The number of carbonyl (C=O) groups excluding carboxylic acids is 2. The Hall–Kier alpha value is -3.52. The molecule has 5 nitrogen and oxygen atoms in total. The molecule has 3 aromatic rings. The van der Waals surface area contributed by atoms with Crippen LogP contribution in [0.5, 0.6) is 0 Å². The molecule has 154 valence electrons. The fraction of sp³-hybridized carbons (Fsp3) is 0.0476. The first kappa shape index (κ1) is 21.2. The quantitative estimate of drug-likeness (QED) is 0.464.